The molecule has 4 rings (SSSR count). The Morgan fingerprint density at radius 1 is 0.462 bits per heavy atom. The predicted molar refractivity (Wildman–Crippen MR) is 124 cm³/mol. The fourth-order valence-corrected chi connectivity index (χ4v) is 6.92. The van der Waals surface area contributed by atoms with E-state index in [9.17, 15) is 0 Å². The maximum atomic E-state index is 2.25. The number of hydrogen-bond acceptors (Lipinski definition) is 4. The van der Waals surface area contributed by atoms with Crippen molar-refractivity contribution in [2.75, 3.05) is 0 Å². The van der Waals surface area contributed by atoms with Crippen molar-refractivity contribution < 1.29 is 0 Å². The van der Waals surface area contributed by atoms with E-state index in [4.69, 9.17) is 0 Å². The van der Waals surface area contributed by atoms with Gasteiger partial charge in [0, 0.05) is 39.0 Å². The first-order chi connectivity index (χ1) is 12.8. The van der Waals surface area contributed by atoms with Gasteiger partial charge in [0.1, 0.15) is 0 Å². The number of thiophene rings is 4. The monoisotopic (exact) mass is 410 g/mol. The lowest BCUT2D eigenvalue weighted by atomic mass is 10.3. The molecule has 0 fully saturated rings. The van der Waals surface area contributed by atoms with Crippen molar-refractivity contribution in [3.8, 4) is 29.3 Å². The Bertz CT molecular complexity index is 979. The van der Waals surface area contributed by atoms with E-state index in [1.807, 2.05) is 45.3 Å². The normalized spacial score (nSPS) is 11.9. The minimum Gasteiger partial charge on any atom is -0.135 e. The second-order valence-electron chi connectivity index (χ2n) is 5.73. The minimum absolute atomic E-state index is 1.31. The molecule has 4 aromatic heterocycles. The van der Waals surface area contributed by atoms with E-state index < -0.39 is 0 Å². The molecule has 0 aliphatic rings. The molecule has 0 N–H and O–H groups in total. The first-order valence-electron chi connectivity index (χ1n) is 8.42. The van der Waals surface area contributed by atoms with Gasteiger partial charge in [-0.1, -0.05) is 12.2 Å². The summed E-state index contributed by atoms with van der Waals surface area (Å²) < 4.78 is 0. The Morgan fingerprint density at radius 2 is 0.769 bits per heavy atom. The van der Waals surface area contributed by atoms with E-state index in [1.165, 1.54) is 39.0 Å². The number of allylic oxidation sites excluding steroid dienone is 2. The summed E-state index contributed by atoms with van der Waals surface area (Å²) in [5.74, 6) is 0. The topological polar surface area (TPSA) is 0 Å². The maximum absolute atomic E-state index is 2.25. The predicted octanol–water partition coefficient (Wildman–Crippen LogP) is 9.00. The van der Waals surface area contributed by atoms with Gasteiger partial charge in [0.05, 0.1) is 0 Å². The van der Waals surface area contributed by atoms with Gasteiger partial charge >= 0.3 is 0 Å². The minimum atomic E-state index is 1.31. The van der Waals surface area contributed by atoms with Crippen LogP contribution in [0.5, 0.6) is 0 Å². The van der Waals surface area contributed by atoms with Gasteiger partial charge < -0.3 is 0 Å². The van der Waals surface area contributed by atoms with E-state index >= 15 is 0 Å². The van der Waals surface area contributed by atoms with E-state index in [0.29, 0.717) is 0 Å². The lowest BCUT2D eigenvalue weighted by molar-refractivity contribution is 1.78. The molecule has 4 heterocycles. The summed E-state index contributed by atoms with van der Waals surface area (Å²) in [6.07, 6.45) is 8.51. The summed E-state index contributed by atoms with van der Waals surface area (Å²) in [6, 6.07) is 17.9. The standard InChI is InChI=1S/C22H18S4/c1-3-5-15-7-9-17(23-15)19-11-13-21(25-19)22-14-12-20(26-22)18-10-8-16(24-18)6-4-2/h3-14H,1-2H3/b5-3+,6-4+. The van der Waals surface area contributed by atoms with Crippen LogP contribution in [0.25, 0.3) is 41.4 Å². The molecule has 130 valence electrons. The largest absolute Gasteiger partial charge is 0.135 e. The average Bonchev–Trinajstić information content (AvgIpc) is 3.41. The summed E-state index contributed by atoms with van der Waals surface area (Å²) in [7, 11) is 0. The molecule has 0 aliphatic carbocycles. The molecule has 0 saturated carbocycles. The summed E-state index contributed by atoms with van der Waals surface area (Å²) in [5, 5.41) is 0. The molecular formula is C22H18S4. The molecule has 0 atom stereocenters. The highest BCUT2D eigenvalue weighted by molar-refractivity contribution is 7.28. The van der Waals surface area contributed by atoms with Crippen molar-refractivity contribution >= 4 is 57.5 Å². The third kappa shape index (κ3) is 3.69. The van der Waals surface area contributed by atoms with Crippen molar-refractivity contribution in [3.63, 3.8) is 0 Å². The van der Waals surface area contributed by atoms with E-state index in [2.05, 4.69) is 86.7 Å². The van der Waals surface area contributed by atoms with Crippen LogP contribution in [0.1, 0.15) is 23.6 Å². The van der Waals surface area contributed by atoms with Crippen LogP contribution in [0.4, 0.5) is 0 Å². The van der Waals surface area contributed by atoms with Crippen LogP contribution in [-0.2, 0) is 0 Å². The van der Waals surface area contributed by atoms with Gasteiger partial charge in [-0.2, -0.15) is 0 Å². The highest BCUT2D eigenvalue weighted by atomic mass is 32.1. The molecule has 0 aliphatic heterocycles. The van der Waals surface area contributed by atoms with Gasteiger partial charge in [-0.05, 0) is 74.5 Å². The molecule has 0 aromatic carbocycles. The molecule has 0 radical (unpaired) electrons. The Labute approximate surface area is 170 Å². The van der Waals surface area contributed by atoms with Gasteiger partial charge in [0.15, 0.2) is 0 Å². The van der Waals surface area contributed by atoms with Gasteiger partial charge in [0.25, 0.3) is 0 Å². The molecule has 0 amide bonds. The summed E-state index contributed by atoms with van der Waals surface area (Å²) >= 11 is 7.46. The average molecular weight is 411 g/mol. The van der Waals surface area contributed by atoms with Gasteiger partial charge in [-0.25, -0.2) is 0 Å². The van der Waals surface area contributed by atoms with E-state index in [-0.39, 0.29) is 0 Å². The van der Waals surface area contributed by atoms with Gasteiger partial charge in [-0.15, -0.1) is 45.3 Å². The zero-order chi connectivity index (χ0) is 17.9. The quantitative estimate of drug-likeness (QED) is 0.308. The van der Waals surface area contributed by atoms with Crippen LogP contribution < -0.4 is 0 Å². The SMILES string of the molecule is C/C=C/c1ccc(-c2ccc(-c3ccc(-c4ccc(/C=C/C)s4)s3)s2)s1. The summed E-state index contributed by atoms with van der Waals surface area (Å²) in [6.45, 7) is 4.12. The van der Waals surface area contributed by atoms with Crippen LogP contribution in [-0.4, -0.2) is 0 Å². The first kappa shape index (κ1) is 17.7. The Balaban J connectivity index is 1.58. The molecule has 0 spiro atoms. The maximum Gasteiger partial charge on any atom is 0.0449 e. The van der Waals surface area contributed by atoms with Crippen molar-refractivity contribution in [3.05, 3.63) is 70.4 Å². The molecule has 4 aromatic rings. The molecule has 0 unspecified atom stereocenters. The molecule has 0 nitrogen and oxygen atoms in total. The van der Waals surface area contributed by atoms with Gasteiger partial charge in [-0.3, -0.25) is 0 Å². The lowest BCUT2D eigenvalue weighted by Crippen LogP contribution is -1.58. The fraction of sp³-hybridized carbons (Fsp3) is 0.0909. The number of rotatable bonds is 5. The highest BCUT2D eigenvalue weighted by Gasteiger charge is 2.11. The van der Waals surface area contributed by atoms with Crippen molar-refractivity contribution in [1.82, 2.24) is 0 Å². The second kappa shape index (κ2) is 7.89. The molecule has 4 heteroatoms. The zero-order valence-electron chi connectivity index (χ0n) is 14.6. The van der Waals surface area contributed by atoms with Crippen molar-refractivity contribution in [2.45, 2.75) is 13.8 Å². The zero-order valence-corrected chi connectivity index (χ0v) is 17.8. The number of hydrogen-bond donors (Lipinski definition) is 0. The van der Waals surface area contributed by atoms with Crippen molar-refractivity contribution in [1.29, 1.82) is 0 Å². The van der Waals surface area contributed by atoms with Crippen LogP contribution >= 0.6 is 45.3 Å². The van der Waals surface area contributed by atoms with Crippen molar-refractivity contribution in [2.24, 2.45) is 0 Å². The molecular weight excluding hydrogens is 393 g/mol. The summed E-state index contributed by atoms with van der Waals surface area (Å²) in [5.41, 5.74) is 0. The Kier molecular flexibility index (Phi) is 5.36. The van der Waals surface area contributed by atoms with Crippen LogP contribution in [0.3, 0.4) is 0 Å². The van der Waals surface area contributed by atoms with Crippen LogP contribution in [0.2, 0.25) is 0 Å². The third-order valence-corrected chi connectivity index (χ3v) is 8.71. The van der Waals surface area contributed by atoms with Crippen LogP contribution in [0.15, 0.2) is 60.7 Å². The highest BCUT2D eigenvalue weighted by Crippen LogP contribution is 2.43. The first-order valence-corrected chi connectivity index (χ1v) is 11.7. The Morgan fingerprint density at radius 3 is 1.12 bits per heavy atom. The molecule has 26 heavy (non-hydrogen) atoms. The van der Waals surface area contributed by atoms with E-state index in [1.54, 1.807) is 0 Å². The third-order valence-electron chi connectivity index (χ3n) is 3.86. The van der Waals surface area contributed by atoms with E-state index in [0.717, 1.165) is 0 Å². The summed E-state index contributed by atoms with van der Waals surface area (Å²) in [4.78, 5) is 10.7. The fourth-order valence-electron chi connectivity index (χ4n) is 2.68. The second-order valence-corrected chi connectivity index (χ2v) is 10.1. The Hall–Kier alpha value is -1.72. The molecule has 0 saturated heterocycles. The molecule has 0 bridgehead atoms. The van der Waals surface area contributed by atoms with Crippen LogP contribution in [0, 0.1) is 0 Å². The van der Waals surface area contributed by atoms with Gasteiger partial charge in [0.2, 0.25) is 0 Å². The lowest BCUT2D eigenvalue weighted by Gasteiger charge is -1.92. The smallest absolute Gasteiger partial charge is 0.0449 e.